The number of carbonyl (C=O) groups excluding carboxylic acids is 2. The molecule has 0 spiro atoms. The summed E-state index contributed by atoms with van der Waals surface area (Å²) in [6, 6.07) is 7.34. The number of hydrogen-bond donors (Lipinski definition) is 0. The minimum atomic E-state index is -0.445. The Morgan fingerprint density at radius 1 is 0.964 bits per heavy atom. The van der Waals surface area contributed by atoms with Gasteiger partial charge < -0.3 is 9.47 Å². The number of piperidine rings is 2. The largest absolute Gasteiger partial charge is 0.462 e. The minimum absolute atomic E-state index is 0.298. The molecule has 2 aliphatic rings. The molecule has 2 unspecified atom stereocenters. The second-order valence-electron chi connectivity index (χ2n) is 7.99. The van der Waals surface area contributed by atoms with Gasteiger partial charge in [-0.05, 0) is 57.3 Å². The molecule has 1 aromatic carbocycles. The highest BCUT2D eigenvalue weighted by Crippen LogP contribution is 2.31. The van der Waals surface area contributed by atoms with Crippen molar-refractivity contribution in [1.82, 2.24) is 4.90 Å². The molecule has 2 atom stereocenters. The van der Waals surface area contributed by atoms with Crippen LogP contribution < -0.4 is 0 Å². The van der Waals surface area contributed by atoms with Crippen LogP contribution in [0, 0.1) is 5.92 Å². The summed E-state index contributed by atoms with van der Waals surface area (Å²) < 4.78 is 11.0. The molecule has 0 saturated carbocycles. The van der Waals surface area contributed by atoms with Crippen molar-refractivity contribution >= 4 is 11.9 Å². The molecule has 1 aromatic rings. The standard InChI is InChI=1S/C23H33NO4/c1-2-3-8-16-27-22(25)19-11-4-5-12-20(19)23(26)28-17-18-10-9-15-24-14-7-6-13-21(18)24/h4-5,11-12,18,21H,2-3,6-10,13-17H2,1H3. The van der Waals surface area contributed by atoms with Crippen molar-refractivity contribution in [2.24, 2.45) is 5.92 Å². The zero-order chi connectivity index (χ0) is 19.8. The SMILES string of the molecule is CCCCCOC(=O)c1ccccc1C(=O)OCC1CCCN2CCCCC12. The van der Waals surface area contributed by atoms with E-state index in [1.54, 1.807) is 24.3 Å². The zero-order valence-corrected chi connectivity index (χ0v) is 17.0. The molecule has 154 valence electrons. The van der Waals surface area contributed by atoms with E-state index in [1.165, 1.54) is 38.8 Å². The maximum atomic E-state index is 12.7. The Kier molecular flexibility index (Phi) is 7.90. The Balaban J connectivity index is 1.57. The third-order valence-corrected chi connectivity index (χ3v) is 6.01. The Labute approximate surface area is 168 Å². The van der Waals surface area contributed by atoms with E-state index < -0.39 is 11.9 Å². The van der Waals surface area contributed by atoms with Crippen molar-refractivity contribution < 1.29 is 19.1 Å². The third-order valence-electron chi connectivity index (χ3n) is 6.01. The number of carbonyl (C=O) groups is 2. The van der Waals surface area contributed by atoms with E-state index in [9.17, 15) is 9.59 Å². The van der Waals surface area contributed by atoms with Crippen molar-refractivity contribution in [2.75, 3.05) is 26.3 Å². The lowest BCUT2D eigenvalue weighted by Crippen LogP contribution is -2.49. The van der Waals surface area contributed by atoms with Crippen LogP contribution in [0.4, 0.5) is 0 Å². The smallest absolute Gasteiger partial charge is 0.339 e. The van der Waals surface area contributed by atoms with Gasteiger partial charge in [-0.1, -0.05) is 38.3 Å². The van der Waals surface area contributed by atoms with Crippen LogP contribution in [0.5, 0.6) is 0 Å². The summed E-state index contributed by atoms with van der Waals surface area (Å²) in [5.41, 5.74) is 0.603. The second-order valence-corrected chi connectivity index (χ2v) is 7.99. The fourth-order valence-electron chi connectivity index (χ4n) is 4.47. The van der Waals surface area contributed by atoms with Gasteiger partial charge >= 0.3 is 11.9 Å². The molecule has 2 heterocycles. The molecule has 3 rings (SSSR count). The number of ether oxygens (including phenoxy) is 2. The first kappa shape index (κ1) is 20.8. The fourth-order valence-corrected chi connectivity index (χ4v) is 4.47. The molecule has 0 amide bonds. The van der Waals surface area contributed by atoms with Crippen LogP contribution in [-0.4, -0.2) is 49.2 Å². The van der Waals surface area contributed by atoms with E-state index in [1.807, 2.05) is 0 Å². The van der Waals surface area contributed by atoms with Crippen molar-refractivity contribution in [3.63, 3.8) is 0 Å². The van der Waals surface area contributed by atoms with Crippen LogP contribution in [0.25, 0.3) is 0 Å². The molecule has 28 heavy (non-hydrogen) atoms. The van der Waals surface area contributed by atoms with Gasteiger partial charge in [-0.25, -0.2) is 9.59 Å². The number of fused-ring (bicyclic) bond motifs is 1. The summed E-state index contributed by atoms with van der Waals surface area (Å²) in [5, 5.41) is 0. The molecule has 0 N–H and O–H groups in total. The number of hydrogen-bond acceptors (Lipinski definition) is 5. The predicted octanol–water partition coefficient (Wildman–Crippen LogP) is 4.45. The lowest BCUT2D eigenvalue weighted by molar-refractivity contribution is 0.00711. The fraction of sp³-hybridized carbons (Fsp3) is 0.652. The van der Waals surface area contributed by atoms with Gasteiger partial charge in [0.25, 0.3) is 0 Å². The molecule has 2 saturated heterocycles. The normalized spacial score (nSPS) is 22.3. The van der Waals surface area contributed by atoms with E-state index in [4.69, 9.17) is 9.47 Å². The highest BCUT2D eigenvalue weighted by Gasteiger charge is 2.33. The predicted molar refractivity (Wildman–Crippen MR) is 108 cm³/mol. The molecular formula is C23H33NO4. The lowest BCUT2D eigenvalue weighted by Gasteiger charge is -2.44. The van der Waals surface area contributed by atoms with E-state index in [0.717, 1.165) is 25.7 Å². The highest BCUT2D eigenvalue weighted by molar-refractivity contribution is 6.03. The van der Waals surface area contributed by atoms with Crippen molar-refractivity contribution in [3.05, 3.63) is 35.4 Å². The topological polar surface area (TPSA) is 55.8 Å². The third kappa shape index (κ3) is 5.34. The maximum Gasteiger partial charge on any atom is 0.339 e. The van der Waals surface area contributed by atoms with Gasteiger partial charge in [0.1, 0.15) is 0 Å². The van der Waals surface area contributed by atoms with Gasteiger partial charge in [-0.3, -0.25) is 4.90 Å². The number of esters is 2. The van der Waals surface area contributed by atoms with Crippen molar-refractivity contribution in [3.8, 4) is 0 Å². The lowest BCUT2D eigenvalue weighted by atomic mass is 9.84. The first-order valence-corrected chi connectivity index (χ1v) is 10.9. The van der Waals surface area contributed by atoms with Gasteiger partial charge in [0, 0.05) is 12.0 Å². The van der Waals surface area contributed by atoms with Crippen LogP contribution in [0.2, 0.25) is 0 Å². The van der Waals surface area contributed by atoms with Crippen LogP contribution in [0.1, 0.15) is 79.0 Å². The Morgan fingerprint density at radius 3 is 2.43 bits per heavy atom. The Hall–Kier alpha value is -1.88. The van der Waals surface area contributed by atoms with E-state index in [0.29, 0.717) is 36.3 Å². The van der Waals surface area contributed by atoms with Gasteiger partial charge in [-0.15, -0.1) is 0 Å². The highest BCUT2D eigenvalue weighted by atomic mass is 16.5. The zero-order valence-electron chi connectivity index (χ0n) is 17.0. The first-order valence-electron chi connectivity index (χ1n) is 10.9. The molecule has 2 fully saturated rings. The molecule has 0 radical (unpaired) electrons. The quantitative estimate of drug-likeness (QED) is 0.487. The molecule has 2 aliphatic heterocycles. The molecular weight excluding hydrogens is 354 g/mol. The van der Waals surface area contributed by atoms with E-state index in [2.05, 4.69) is 11.8 Å². The summed E-state index contributed by atoms with van der Waals surface area (Å²) in [6.45, 7) is 5.26. The summed E-state index contributed by atoms with van der Waals surface area (Å²) in [7, 11) is 0. The monoisotopic (exact) mass is 387 g/mol. The summed E-state index contributed by atoms with van der Waals surface area (Å²) >= 11 is 0. The van der Waals surface area contributed by atoms with Gasteiger partial charge in [-0.2, -0.15) is 0 Å². The summed E-state index contributed by atoms with van der Waals surface area (Å²) in [6.07, 6.45) is 8.94. The number of benzene rings is 1. The average Bonchev–Trinajstić information content (AvgIpc) is 2.75. The van der Waals surface area contributed by atoms with Crippen LogP contribution in [-0.2, 0) is 9.47 Å². The molecule has 0 bridgehead atoms. The molecule has 5 heteroatoms. The minimum Gasteiger partial charge on any atom is -0.462 e. The van der Waals surface area contributed by atoms with Gasteiger partial charge in [0.2, 0.25) is 0 Å². The second kappa shape index (κ2) is 10.6. The van der Waals surface area contributed by atoms with Crippen LogP contribution in [0.15, 0.2) is 24.3 Å². The van der Waals surface area contributed by atoms with Crippen molar-refractivity contribution in [1.29, 1.82) is 0 Å². The number of unbranched alkanes of at least 4 members (excludes halogenated alkanes) is 2. The summed E-state index contributed by atoms with van der Waals surface area (Å²) in [4.78, 5) is 27.7. The molecule has 0 aromatic heterocycles. The number of nitrogens with zero attached hydrogens (tertiary/aromatic N) is 1. The van der Waals surface area contributed by atoms with E-state index in [-0.39, 0.29) is 0 Å². The average molecular weight is 388 g/mol. The van der Waals surface area contributed by atoms with E-state index >= 15 is 0 Å². The molecule has 5 nitrogen and oxygen atoms in total. The number of rotatable bonds is 8. The Morgan fingerprint density at radius 2 is 1.68 bits per heavy atom. The van der Waals surface area contributed by atoms with Crippen LogP contribution >= 0.6 is 0 Å². The maximum absolute atomic E-state index is 12.7. The Bertz CT molecular complexity index is 658. The van der Waals surface area contributed by atoms with Gasteiger partial charge in [0.15, 0.2) is 0 Å². The van der Waals surface area contributed by atoms with Crippen LogP contribution in [0.3, 0.4) is 0 Å². The summed E-state index contributed by atoms with van der Waals surface area (Å²) in [5.74, 6) is -0.472. The van der Waals surface area contributed by atoms with Gasteiger partial charge in [0.05, 0.1) is 24.3 Å². The van der Waals surface area contributed by atoms with Crippen molar-refractivity contribution in [2.45, 2.75) is 64.3 Å². The molecule has 0 aliphatic carbocycles. The first-order chi connectivity index (χ1) is 13.7.